The molecule has 15 heavy (non-hydrogen) atoms. The Hall–Kier alpha value is -1.17. The molecule has 0 aromatic carbocycles. The van der Waals surface area contributed by atoms with Crippen molar-refractivity contribution in [3.8, 4) is 11.5 Å². The van der Waals surface area contributed by atoms with Crippen LogP contribution in [0.4, 0.5) is 13.2 Å². The molecule has 0 amide bonds. The fourth-order valence-corrected chi connectivity index (χ4v) is 1.15. The van der Waals surface area contributed by atoms with Crippen molar-refractivity contribution in [1.82, 2.24) is 4.98 Å². The molecule has 84 valence electrons. The van der Waals surface area contributed by atoms with E-state index in [1.165, 1.54) is 6.92 Å². The second-order valence-electron chi connectivity index (χ2n) is 2.75. The smallest absolute Gasteiger partial charge is 0.503 e. The van der Waals surface area contributed by atoms with Crippen LogP contribution in [0.3, 0.4) is 0 Å². The molecule has 1 N–H and O–H groups in total. The van der Waals surface area contributed by atoms with Gasteiger partial charge in [-0.05, 0) is 6.92 Å². The van der Waals surface area contributed by atoms with Crippen LogP contribution in [0.15, 0.2) is 6.20 Å². The number of rotatable bonds is 2. The van der Waals surface area contributed by atoms with Gasteiger partial charge < -0.3 is 9.84 Å². The van der Waals surface area contributed by atoms with Crippen LogP contribution >= 0.6 is 11.6 Å². The van der Waals surface area contributed by atoms with Gasteiger partial charge in [0.25, 0.3) is 0 Å². The van der Waals surface area contributed by atoms with Gasteiger partial charge in [-0.2, -0.15) is 0 Å². The number of aromatic nitrogens is 1. The van der Waals surface area contributed by atoms with Gasteiger partial charge in [-0.3, -0.25) is 4.98 Å². The fourth-order valence-electron chi connectivity index (χ4n) is 0.955. The summed E-state index contributed by atoms with van der Waals surface area (Å²) in [6.07, 6.45) is -3.70. The van der Waals surface area contributed by atoms with Crippen molar-refractivity contribution in [3.63, 3.8) is 0 Å². The topological polar surface area (TPSA) is 42.4 Å². The van der Waals surface area contributed by atoms with Crippen molar-refractivity contribution < 1.29 is 23.0 Å². The van der Waals surface area contributed by atoms with Crippen LogP contribution in [-0.2, 0) is 5.88 Å². The first kappa shape index (κ1) is 11.9. The summed E-state index contributed by atoms with van der Waals surface area (Å²) >= 11 is 5.37. The molecule has 0 saturated heterocycles. The zero-order valence-electron chi connectivity index (χ0n) is 7.60. The molecule has 1 aromatic heterocycles. The molecule has 0 atom stereocenters. The molecule has 1 aromatic rings. The van der Waals surface area contributed by atoms with E-state index in [0.717, 1.165) is 6.20 Å². The Morgan fingerprint density at radius 3 is 2.60 bits per heavy atom. The van der Waals surface area contributed by atoms with Gasteiger partial charge in [0.15, 0.2) is 11.5 Å². The maximum Gasteiger partial charge on any atom is 0.573 e. The van der Waals surface area contributed by atoms with Crippen molar-refractivity contribution in [3.05, 3.63) is 17.5 Å². The normalized spacial score (nSPS) is 11.5. The molecule has 1 heterocycles. The molecule has 0 unspecified atom stereocenters. The Balaban J connectivity index is 3.15. The standard InChI is InChI=1S/C8H7ClF3NO2/c1-4-3-13-5(2-9)6(14)7(4)15-8(10,11)12/h3,14H,2H2,1H3. The summed E-state index contributed by atoms with van der Waals surface area (Å²) < 4.78 is 39.5. The van der Waals surface area contributed by atoms with E-state index in [0.29, 0.717) is 0 Å². The highest BCUT2D eigenvalue weighted by atomic mass is 35.5. The summed E-state index contributed by atoms with van der Waals surface area (Å²) in [7, 11) is 0. The number of pyridine rings is 1. The van der Waals surface area contributed by atoms with Gasteiger partial charge in [0.05, 0.1) is 5.88 Å². The molecule has 0 aliphatic heterocycles. The van der Waals surface area contributed by atoms with Crippen molar-refractivity contribution in [2.45, 2.75) is 19.2 Å². The molecule has 0 aliphatic carbocycles. The third-order valence-electron chi connectivity index (χ3n) is 1.60. The third-order valence-corrected chi connectivity index (χ3v) is 1.86. The van der Waals surface area contributed by atoms with Crippen LogP contribution in [0, 0.1) is 6.92 Å². The molecule has 0 bridgehead atoms. The summed E-state index contributed by atoms with van der Waals surface area (Å²) in [5.41, 5.74) is 0.0280. The largest absolute Gasteiger partial charge is 0.573 e. The molecule has 1 rings (SSSR count). The summed E-state index contributed by atoms with van der Waals surface area (Å²) in [5, 5.41) is 9.36. The van der Waals surface area contributed by atoms with Gasteiger partial charge in [0.2, 0.25) is 0 Å². The molecule has 0 fully saturated rings. The highest BCUT2D eigenvalue weighted by Crippen LogP contribution is 2.36. The van der Waals surface area contributed by atoms with E-state index < -0.39 is 17.9 Å². The zero-order chi connectivity index (χ0) is 11.6. The van der Waals surface area contributed by atoms with Gasteiger partial charge in [-0.25, -0.2) is 0 Å². The Kier molecular flexibility index (Phi) is 3.28. The van der Waals surface area contributed by atoms with E-state index in [9.17, 15) is 18.3 Å². The van der Waals surface area contributed by atoms with Crippen LogP contribution in [0.5, 0.6) is 11.5 Å². The lowest BCUT2D eigenvalue weighted by Gasteiger charge is -2.13. The van der Waals surface area contributed by atoms with E-state index in [1.54, 1.807) is 0 Å². The average molecular weight is 242 g/mol. The summed E-state index contributed by atoms with van der Waals surface area (Å²) in [6.45, 7) is 1.34. The minimum atomic E-state index is -4.85. The molecule has 0 saturated carbocycles. The lowest BCUT2D eigenvalue weighted by molar-refractivity contribution is -0.275. The average Bonchev–Trinajstić information content (AvgIpc) is 2.11. The molecule has 0 spiro atoms. The number of alkyl halides is 4. The molecular weight excluding hydrogens is 235 g/mol. The van der Waals surface area contributed by atoms with Gasteiger partial charge in [0.1, 0.15) is 5.69 Å². The maximum absolute atomic E-state index is 12.0. The number of nitrogens with zero attached hydrogens (tertiary/aromatic N) is 1. The third kappa shape index (κ3) is 2.89. The van der Waals surface area contributed by atoms with Gasteiger partial charge in [-0.15, -0.1) is 24.8 Å². The minimum Gasteiger partial charge on any atom is -0.503 e. The van der Waals surface area contributed by atoms with Crippen molar-refractivity contribution in [2.24, 2.45) is 0 Å². The van der Waals surface area contributed by atoms with Crippen molar-refractivity contribution in [1.29, 1.82) is 0 Å². The second kappa shape index (κ2) is 4.14. The molecule has 0 radical (unpaired) electrons. The van der Waals surface area contributed by atoms with Crippen LogP contribution in [0.1, 0.15) is 11.3 Å². The van der Waals surface area contributed by atoms with Crippen LogP contribution in [0.2, 0.25) is 0 Å². The van der Waals surface area contributed by atoms with Crippen LogP contribution in [-0.4, -0.2) is 16.5 Å². The predicted molar refractivity (Wildman–Crippen MR) is 46.9 cm³/mol. The number of aryl methyl sites for hydroxylation is 1. The molecule has 7 heteroatoms. The van der Waals surface area contributed by atoms with E-state index >= 15 is 0 Å². The van der Waals surface area contributed by atoms with Gasteiger partial charge in [-0.1, -0.05) is 0 Å². The lowest BCUT2D eigenvalue weighted by atomic mass is 10.2. The van der Waals surface area contributed by atoms with E-state index in [2.05, 4.69) is 9.72 Å². The summed E-state index contributed by atoms with van der Waals surface area (Å²) in [4.78, 5) is 3.66. The Bertz CT molecular complexity index is 368. The fraction of sp³-hybridized carbons (Fsp3) is 0.375. The van der Waals surface area contributed by atoms with Gasteiger partial charge >= 0.3 is 6.36 Å². The predicted octanol–water partition coefficient (Wildman–Crippen LogP) is 2.73. The lowest BCUT2D eigenvalue weighted by Crippen LogP contribution is -2.18. The van der Waals surface area contributed by atoms with Crippen molar-refractivity contribution >= 4 is 11.6 Å². The first-order chi connectivity index (χ1) is 6.85. The highest BCUT2D eigenvalue weighted by Gasteiger charge is 2.33. The molecule has 3 nitrogen and oxygen atoms in total. The van der Waals surface area contributed by atoms with Gasteiger partial charge in [0, 0.05) is 11.8 Å². The van der Waals surface area contributed by atoms with Crippen molar-refractivity contribution in [2.75, 3.05) is 0 Å². The van der Waals surface area contributed by atoms with Crippen LogP contribution < -0.4 is 4.74 Å². The monoisotopic (exact) mass is 241 g/mol. The van der Waals surface area contributed by atoms with E-state index in [1.807, 2.05) is 0 Å². The summed E-state index contributed by atoms with van der Waals surface area (Å²) in [5.74, 6) is -1.53. The Morgan fingerprint density at radius 2 is 2.13 bits per heavy atom. The summed E-state index contributed by atoms with van der Waals surface area (Å²) in [6, 6.07) is 0. The van der Waals surface area contributed by atoms with E-state index in [-0.39, 0.29) is 17.1 Å². The quantitative estimate of drug-likeness (QED) is 0.810. The highest BCUT2D eigenvalue weighted by molar-refractivity contribution is 6.17. The van der Waals surface area contributed by atoms with E-state index in [4.69, 9.17) is 11.6 Å². The Labute approximate surface area is 88.5 Å². The first-order valence-electron chi connectivity index (χ1n) is 3.84. The maximum atomic E-state index is 12.0. The first-order valence-corrected chi connectivity index (χ1v) is 4.37. The SMILES string of the molecule is Cc1cnc(CCl)c(O)c1OC(F)(F)F. The Morgan fingerprint density at radius 1 is 1.53 bits per heavy atom. The zero-order valence-corrected chi connectivity index (χ0v) is 8.35. The number of hydrogen-bond donors (Lipinski definition) is 1. The number of halogens is 4. The molecule has 0 aliphatic rings. The number of aromatic hydroxyl groups is 1. The second-order valence-corrected chi connectivity index (χ2v) is 3.01. The molecular formula is C8H7ClF3NO2. The number of ether oxygens (including phenoxy) is 1. The number of hydrogen-bond acceptors (Lipinski definition) is 3. The van der Waals surface area contributed by atoms with Crippen LogP contribution in [0.25, 0.3) is 0 Å². The minimum absolute atomic E-state index is 0.0542.